The molecule has 0 fully saturated rings. The molecule has 1 aromatic carbocycles. The van der Waals surface area contributed by atoms with E-state index in [4.69, 9.17) is 10.5 Å². The van der Waals surface area contributed by atoms with Crippen LogP contribution in [0, 0.1) is 5.92 Å². The van der Waals surface area contributed by atoms with Crippen LogP contribution in [-0.2, 0) is 11.3 Å². The standard InChI is InChI=1S/C14H21N3O2/c1-9(6-15)7-16-8-11-3-4-13-12(5-11)17-14(18)10(2)19-13/h3-5,9-10,16H,6-8,15H2,1-2H3,(H,17,18). The SMILES string of the molecule is CC(CN)CNCc1ccc2c(c1)NC(=O)C(C)O2. The molecule has 19 heavy (non-hydrogen) atoms. The fourth-order valence-electron chi connectivity index (χ4n) is 1.91. The summed E-state index contributed by atoms with van der Waals surface area (Å²) >= 11 is 0. The molecule has 0 spiro atoms. The first-order chi connectivity index (χ1) is 9.10. The van der Waals surface area contributed by atoms with Crippen molar-refractivity contribution >= 4 is 11.6 Å². The van der Waals surface area contributed by atoms with Gasteiger partial charge in [-0.3, -0.25) is 4.79 Å². The largest absolute Gasteiger partial charge is 0.479 e. The topological polar surface area (TPSA) is 76.4 Å². The monoisotopic (exact) mass is 263 g/mol. The van der Waals surface area contributed by atoms with E-state index in [9.17, 15) is 4.79 Å². The highest BCUT2D eigenvalue weighted by atomic mass is 16.5. The Morgan fingerprint density at radius 1 is 1.53 bits per heavy atom. The lowest BCUT2D eigenvalue weighted by molar-refractivity contribution is -0.122. The number of benzene rings is 1. The van der Waals surface area contributed by atoms with Gasteiger partial charge in [-0.2, -0.15) is 0 Å². The highest BCUT2D eigenvalue weighted by Gasteiger charge is 2.23. The number of ether oxygens (including phenoxy) is 1. The molecular formula is C14H21N3O2. The zero-order chi connectivity index (χ0) is 13.8. The van der Waals surface area contributed by atoms with Crippen LogP contribution in [-0.4, -0.2) is 25.1 Å². The van der Waals surface area contributed by atoms with Crippen molar-refractivity contribution in [2.45, 2.75) is 26.5 Å². The van der Waals surface area contributed by atoms with Gasteiger partial charge in [0.25, 0.3) is 5.91 Å². The van der Waals surface area contributed by atoms with E-state index in [1.807, 2.05) is 18.2 Å². The summed E-state index contributed by atoms with van der Waals surface area (Å²) < 4.78 is 5.51. The number of carbonyl (C=O) groups is 1. The van der Waals surface area contributed by atoms with Gasteiger partial charge in [0.1, 0.15) is 5.75 Å². The van der Waals surface area contributed by atoms with Crippen LogP contribution >= 0.6 is 0 Å². The summed E-state index contributed by atoms with van der Waals surface area (Å²) in [5.41, 5.74) is 7.42. The van der Waals surface area contributed by atoms with E-state index in [-0.39, 0.29) is 5.91 Å². The van der Waals surface area contributed by atoms with Crippen molar-refractivity contribution in [3.8, 4) is 5.75 Å². The van der Waals surface area contributed by atoms with Crippen molar-refractivity contribution in [1.82, 2.24) is 5.32 Å². The van der Waals surface area contributed by atoms with E-state index in [1.165, 1.54) is 0 Å². The van der Waals surface area contributed by atoms with Gasteiger partial charge < -0.3 is 21.1 Å². The highest BCUT2D eigenvalue weighted by molar-refractivity contribution is 5.97. The van der Waals surface area contributed by atoms with Gasteiger partial charge in [0.2, 0.25) is 0 Å². The minimum atomic E-state index is -0.429. The Bertz CT molecular complexity index is 462. The molecule has 1 heterocycles. The Morgan fingerprint density at radius 2 is 2.32 bits per heavy atom. The summed E-state index contributed by atoms with van der Waals surface area (Å²) in [4.78, 5) is 11.5. The molecule has 5 heteroatoms. The second kappa shape index (κ2) is 6.04. The van der Waals surface area contributed by atoms with Gasteiger partial charge in [-0.1, -0.05) is 13.0 Å². The van der Waals surface area contributed by atoms with E-state index in [0.717, 1.165) is 30.1 Å². The van der Waals surface area contributed by atoms with Crippen LogP contribution in [0.15, 0.2) is 18.2 Å². The molecule has 4 N–H and O–H groups in total. The summed E-state index contributed by atoms with van der Waals surface area (Å²) in [6.07, 6.45) is -0.429. The van der Waals surface area contributed by atoms with Crippen molar-refractivity contribution in [1.29, 1.82) is 0 Å². The van der Waals surface area contributed by atoms with Gasteiger partial charge in [-0.25, -0.2) is 0 Å². The van der Waals surface area contributed by atoms with Gasteiger partial charge in [0.15, 0.2) is 6.10 Å². The van der Waals surface area contributed by atoms with Crippen molar-refractivity contribution in [3.63, 3.8) is 0 Å². The van der Waals surface area contributed by atoms with Crippen LogP contribution in [0.3, 0.4) is 0 Å². The Balaban J connectivity index is 1.97. The van der Waals surface area contributed by atoms with Crippen LogP contribution < -0.4 is 21.1 Å². The molecule has 2 unspecified atom stereocenters. The van der Waals surface area contributed by atoms with Crippen molar-refractivity contribution in [2.24, 2.45) is 11.7 Å². The van der Waals surface area contributed by atoms with Crippen LogP contribution in [0.1, 0.15) is 19.4 Å². The lowest BCUT2D eigenvalue weighted by atomic mass is 10.1. The second-order valence-corrected chi connectivity index (χ2v) is 5.05. The van der Waals surface area contributed by atoms with E-state index >= 15 is 0 Å². The number of amides is 1. The Labute approximate surface area is 113 Å². The fourth-order valence-corrected chi connectivity index (χ4v) is 1.91. The summed E-state index contributed by atoms with van der Waals surface area (Å²) in [7, 11) is 0. The van der Waals surface area contributed by atoms with Crippen LogP contribution in [0.25, 0.3) is 0 Å². The van der Waals surface area contributed by atoms with Crippen LogP contribution in [0.5, 0.6) is 5.75 Å². The van der Waals surface area contributed by atoms with Gasteiger partial charge >= 0.3 is 0 Å². The van der Waals surface area contributed by atoms with Crippen molar-refractivity contribution < 1.29 is 9.53 Å². The quantitative estimate of drug-likeness (QED) is 0.743. The molecule has 0 radical (unpaired) electrons. The minimum Gasteiger partial charge on any atom is -0.479 e. The number of nitrogens with two attached hydrogens (primary N) is 1. The average molecular weight is 263 g/mol. The summed E-state index contributed by atoms with van der Waals surface area (Å²) in [5, 5.41) is 6.19. The average Bonchev–Trinajstić information content (AvgIpc) is 2.40. The van der Waals surface area contributed by atoms with Crippen LogP contribution in [0.4, 0.5) is 5.69 Å². The van der Waals surface area contributed by atoms with Gasteiger partial charge in [-0.05, 0) is 43.6 Å². The molecule has 1 aliphatic rings. The van der Waals surface area contributed by atoms with E-state index < -0.39 is 6.10 Å². The molecule has 2 atom stereocenters. The molecule has 1 amide bonds. The summed E-state index contributed by atoms with van der Waals surface area (Å²) in [6.45, 7) is 6.16. The predicted molar refractivity (Wildman–Crippen MR) is 75.1 cm³/mol. The zero-order valence-electron chi connectivity index (χ0n) is 11.4. The van der Waals surface area contributed by atoms with E-state index in [0.29, 0.717) is 12.5 Å². The molecule has 0 aromatic heterocycles. The third-order valence-electron chi connectivity index (χ3n) is 3.20. The maximum absolute atomic E-state index is 11.5. The fraction of sp³-hybridized carbons (Fsp3) is 0.500. The number of hydrogen-bond donors (Lipinski definition) is 3. The molecule has 104 valence electrons. The first kappa shape index (κ1) is 13.8. The molecule has 0 saturated heterocycles. The normalized spacial score (nSPS) is 19.3. The molecule has 0 aliphatic carbocycles. The third-order valence-corrected chi connectivity index (χ3v) is 3.20. The maximum atomic E-state index is 11.5. The predicted octanol–water partition coefficient (Wildman–Crippen LogP) is 1.09. The molecular weight excluding hydrogens is 242 g/mol. The van der Waals surface area contributed by atoms with Gasteiger partial charge in [-0.15, -0.1) is 0 Å². The first-order valence-corrected chi connectivity index (χ1v) is 6.61. The van der Waals surface area contributed by atoms with Crippen LogP contribution in [0.2, 0.25) is 0 Å². The highest BCUT2D eigenvalue weighted by Crippen LogP contribution is 2.30. The summed E-state index contributed by atoms with van der Waals surface area (Å²) in [5.74, 6) is 1.09. The smallest absolute Gasteiger partial charge is 0.265 e. The summed E-state index contributed by atoms with van der Waals surface area (Å²) in [6, 6.07) is 5.84. The van der Waals surface area contributed by atoms with Gasteiger partial charge in [0.05, 0.1) is 5.69 Å². The number of carbonyl (C=O) groups excluding carboxylic acids is 1. The Morgan fingerprint density at radius 3 is 3.05 bits per heavy atom. The van der Waals surface area contributed by atoms with E-state index in [1.54, 1.807) is 6.92 Å². The molecule has 1 aromatic rings. The molecule has 5 nitrogen and oxygen atoms in total. The number of anilines is 1. The molecule has 0 bridgehead atoms. The number of nitrogens with one attached hydrogen (secondary N) is 2. The van der Waals surface area contributed by atoms with E-state index in [2.05, 4.69) is 17.6 Å². The third kappa shape index (κ3) is 3.45. The zero-order valence-corrected chi connectivity index (χ0v) is 11.4. The lowest BCUT2D eigenvalue weighted by Crippen LogP contribution is -2.34. The first-order valence-electron chi connectivity index (χ1n) is 6.61. The van der Waals surface area contributed by atoms with Crippen molar-refractivity contribution in [3.05, 3.63) is 23.8 Å². The maximum Gasteiger partial charge on any atom is 0.265 e. The lowest BCUT2D eigenvalue weighted by Gasteiger charge is -2.23. The van der Waals surface area contributed by atoms with Gasteiger partial charge in [0, 0.05) is 6.54 Å². The molecule has 2 rings (SSSR count). The second-order valence-electron chi connectivity index (χ2n) is 5.05. The Kier molecular flexibility index (Phi) is 4.39. The molecule has 1 aliphatic heterocycles. The molecule has 0 saturated carbocycles. The number of hydrogen-bond acceptors (Lipinski definition) is 4. The minimum absolute atomic E-state index is 0.102. The Hall–Kier alpha value is -1.59. The van der Waals surface area contributed by atoms with Crippen molar-refractivity contribution in [2.75, 3.05) is 18.4 Å². The number of rotatable bonds is 5. The number of fused-ring (bicyclic) bond motifs is 1.